The number of hydrogen-bond donors (Lipinski definition) is 1. The van der Waals surface area contributed by atoms with E-state index in [0.29, 0.717) is 18.2 Å². The van der Waals surface area contributed by atoms with Crippen molar-refractivity contribution in [2.24, 2.45) is 0 Å². The molecule has 208 valence electrons. The van der Waals surface area contributed by atoms with Crippen molar-refractivity contribution < 1.29 is 9.13 Å². The van der Waals surface area contributed by atoms with Gasteiger partial charge in [0.2, 0.25) is 0 Å². The Morgan fingerprint density at radius 2 is 2.05 bits per heavy atom. The summed E-state index contributed by atoms with van der Waals surface area (Å²) >= 11 is 0. The van der Waals surface area contributed by atoms with Crippen LogP contribution in [0.3, 0.4) is 0 Å². The van der Waals surface area contributed by atoms with Crippen molar-refractivity contribution in [1.82, 2.24) is 34.5 Å². The maximum Gasteiger partial charge on any atom is 0.141 e. The maximum absolute atomic E-state index is 14.4. The molecule has 3 aromatic heterocycles. The van der Waals surface area contributed by atoms with Crippen molar-refractivity contribution in [2.75, 3.05) is 26.2 Å². The number of H-pyrrole nitrogens is 1. The summed E-state index contributed by atoms with van der Waals surface area (Å²) in [7, 11) is 0. The second-order valence-electron chi connectivity index (χ2n) is 11.1. The van der Waals surface area contributed by atoms with Gasteiger partial charge < -0.3 is 14.6 Å². The molecule has 2 aliphatic rings. The van der Waals surface area contributed by atoms with Gasteiger partial charge in [0.05, 0.1) is 30.4 Å². The number of nitriles is 1. The molecule has 0 radical (unpaired) electrons. The maximum atomic E-state index is 14.4. The summed E-state index contributed by atoms with van der Waals surface area (Å²) in [6.07, 6.45) is 11.7. The van der Waals surface area contributed by atoms with E-state index in [1.807, 2.05) is 29.2 Å². The Bertz CT molecular complexity index is 1480. The Balaban J connectivity index is 1.06. The molecule has 2 atom stereocenters. The Morgan fingerprint density at radius 1 is 1.18 bits per heavy atom. The third kappa shape index (κ3) is 5.86. The molecule has 2 fully saturated rings. The molecular formula is C30H35FN8O. The molecule has 0 bridgehead atoms. The molecule has 1 unspecified atom stereocenters. The van der Waals surface area contributed by atoms with Gasteiger partial charge in [-0.1, -0.05) is 0 Å². The number of piperidine rings is 1. The average molecular weight is 543 g/mol. The van der Waals surface area contributed by atoms with Crippen LogP contribution in [0.5, 0.6) is 5.75 Å². The zero-order chi connectivity index (χ0) is 27.5. The first kappa shape index (κ1) is 26.4. The number of rotatable bonds is 9. The lowest BCUT2D eigenvalue weighted by Gasteiger charge is -2.34. The predicted octanol–water partition coefficient (Wildman–Crippen LogP) is 4.94. The monoisotopic (exact) mass is 542 g/mol. The van der Waals surface area contributed by atoms with Crippen molar-refractivity contribution >= 4 is 11.0 Å². The largest absolute Gasteiger partial charge is 0.490 e. The molecule has 9 nitrogen and oxygen atoms in total. The SMILES string of the molecule is C[C@@H]1CCCN1Cc1cc(F)cc(OC2CCN(CC(CC#N)n3cc(-c4ncnc5[nH]ccc45)cn3)CC2)c1. The minimum absolute atomic E-state index is 0.0452. The lowest BCUT2D eigenvalue weighted by atomic mass is 10.1. The highest BCUT2D eigenvalue weighted by Gasteiger charge is 2.25. The van der Waals surface area contributed by atoms with Gasteiger partial charge in [-0.2, -0.15) is 10.4 Å². The molecule has 1 N–H and O–H groups in total. The number of halogens is 1. The first-order valence-corrected chi connectivity index (χ1v) is 14.2. The van der Waals surface area contributed by atoms with Crippen LogP contribution in [-0.2, 0) is 6.54 Å². The smallest absolute Gasteiger partial charge is 0.141 e. The van der Waals surface area contributed by atoms with Crippen molar-refractivity contribution in [3.8, 4) is 23.1 Å². The summed E-state index contributed by atoms with van der Waals surface area (Å²) in [5, 5.41) is 15.1. The normalized spacial score (nSPS) is 19.7. The van der Waals surface area contributed by atoms with E-state index in [1.54, 1.807) is 18.6 Å². The number of ether oxygens (including phenoxy) is 1. The Morgan fingerprint density at radius 3 is 2.85 bits per heavy atom. The summed E-state index contributed by atoms with van der Waals surface area (Å²) in [4.78, 5) is 16.6. The van der Waals surface area contributed by atoms with Crippen LogP contribution in [0.4, 0.5) is 4.39 Å². The van der Waals surface area contributed by atoms with Crippen LogP contribution in [0, 0.1) is 17.1 Å². The third-order valence-corrected chi connectivity index (χ3v) is 8.24. The molecule has 0 aliphatic carbocycles. The minimum atomic E-state index is -0.242. The molecule has 4 aromatic rings. The summed E-state index contributed by atoms with van der Waals surface area (Å²) in [5.41, 5.74) is 3.47. The predicted molar refractivity (Wildman–Crippen MR) is 150 cm³/mol. The summed E-state index contributed by atoms with van der Waals surface area (Å²) in [5.74, 6) is 0.377. The molecular weight excluding hydrogens is 507 g/mol. The number of nitrogens with one attached hydrogen (secondary N) is 1. The molecule has 2 aliphatic heterocycles. The Labute approximate surface area is 233 Å². The third-order valence-electron chi connectivity index (χ3n) is 8.24. The summed E-state index contributed by atoms with van der Waals surface area (Å²) < 4.78 is 22.6. The van der Waals surface area contributed by atoms with Gasteiger partial charge >= 0.3 is 0 Å². The van der Waals surface area contributed by atoms with Crippen LogP contribution in [0.1, 0.15) is 50.6 Å². The molecule has 10 heteroatoms. The molecule has 40 heavy (non-hydrogen) atoms. The zero-order valence-corrected chi connectivity index (χ0v) is 22.8. The van der Waals surface area contributed by atoms with Gasteiger partial charge in [-0.3, -0.25) is 9.58 Å². The minimum Gasteiger partial charge on any atom is -0.490 e. The zero-order valence-electron chi connectivity index (χ0n) is 22.8. The van der Waals surface area contributed by atoms with E-state index in [9.17, 15) is 9.65 Å². The van der Waals surface area contributed by atoms with Crippen LogP contribution < -0.4 is 4.74 Å². The molecule has 0 spiro atoms. The van der Waals surface area contributed by atoms with E-state index in [-0.39, 0.29) is 18.0 Å². The second-order valence-corrected chi connectivity index (χ2v) is 11.1. The number of likely N-dealkylation sites (tertiary alicyclic amines) is 2. The van der Waals surface area contributed by atoms with Gasteiger partial charge in [0.15, 0.2) is 0 Å². The standard InChI is InChI=1S/C30H35FN8O/c1-21-3-2-10-38(21)17-22-13-24(31)15-27(14-22)40-26-6-11-37(12-7-26)19-25(4-8-32)39-18-23(16-36-39)29-28-5-9-33-30(28)35-20-34-29/h5,9,13-16,18,20-21,25-26H,2-4,6-7,10-12,17,19H2,1H3,(H,33,34,35)/t21-,25?/m1/s1. The number of benzene rings is 1. The molecule has 5 heterocycles. The fourth-order valence-electron chi connectivity index (χ4n) is 6.05. The van der Waals surface area contributed by atoms with E-state index in [0.717, 1.165) is 73.4 Å². The topological polar surface area (TPSA) is 98.9 Å². The Hall–Kier alpha value is -3.81. The van der Waals surface area contributed by atoms with E-state index in [1.165, 1.54) is 18.9 Å². The number of aromatic amines is 1. The van der Waals surface area contributed by atoms with Crippen molar-refractivity contribution in [2.45, 2.75) is 63.8 Å². The summed E-state index contributed by atoms with van der Waals surface area (Å²) in [6.45, 7) is 6.49. The van der Waals surface area contributed by atoms with E-state index >= 15 is 0 Å². The fourth-order valence-corrected chi connectivity index (χ4v) is 6.05. The lowest BCUT2D eigenvalue weighted by Crippen LogP contribution is -2.41. The fraction of sp³-hybridized carbons (Fsp3) is 0.467. The lowest BCUT2D eigenvalue weighted by molar-refractivity contribution is 0.0908. The quantitative estimate of drug-likeness (QED) is 0.320. The van der Waals surface area contributed by atoms with Crippen LogP contribution in [0.25, 0.3) is 22.3 Å². The van der Waals surface area contributed by atoms with Gasteiger partial charge in [0.25, 0.3) is 0 Å². The molecule has 0 saturated carbocycles. The van der Waals surface area contributed by atoms with Crippen molar-refractivity contribution in [3.63, 3.8) is 0 Å². The second kappa shape index (κ2) is 11.7. The first-order valence-electron chi connectivity index (χ1n) is 14.2. The molecule has 0 amide bonds. The highest BCUT2D eigenvalue weighted by Crippen LogP contribution is 2.28. The van der Waals surface area contributed by atoms with Gasteiger partial charge in [-0.05, 0) is 62.9 Å². The van der Waals surface area contributed by atoms with Gasteiger partial charge in [-0.25, -0.2) is 14.4 Å². The van der Waals surface area contributed by atoms with Crippen LogP contribution in [-0.4, -0.2) is 72.9 Å². The molecule has 2 saturated heterocycles. The number of hydrogen-bond acceptors (Lipinski definition) is 7. The molecule has 1 aromatic carbocycles. The Kier molecular flexibility index (Phi) is 7.75. The van der Waals surface area contributed by atoms with Crippen LogP contribution in [0.15, 0.2) is 49.2 Å². The number of nitrogens with zero attached hydrogens (tertiary/aromatic N) is 7. The van der Waals surface area contributed by atoms with Gasteiger partial charge in [-0.15, -0.1) is 0 Å². The van der Waals surface area contributed by atoms with Gasteiger partial charge in [0, 0.05) is 61.6 Å². The van der Waals surface area contributed by atoms with Crippen LogP contribution in [0.2, 0.25) is 0 Å². The van der Waals surface area contributed by atoms with Crippen molar-refractivity contribution in [3.05, 3.63) is 60.6 Å². The van der Waals surface area contributed by atoms with Crippen molar-refractivity contribution in [1.29, 1.82) is 5.26 Å². The average Bonchev–Trinajstić information content (AvgIpc) is 3.71. The number of fused-ring (bicyclic) bond motifs is 1. The van der Waals surface area contributed by atoms with Crippen LogP contribution >= 0.6 is 0 Å². The highest BCUT2D eigenvalue weighted by molar-refractivity contribution is 5.89. The van der Waals surface area contributed by atoms with E-state index < -0.39 is 0 Å². The van der Waals surface area contributed by atoms with E-state index in [4.69, 9.17) is 4.74 Å². The van der Waals surface area contributed by atoms with Gasteiger partial charge in [0.1, 0.15) is 29.6 Å². The van der Waals surface area contributed by atoms with E-state index in [2.05, 4.69) is 42.8 Å². The summed E-state index contributed by atoms with van der Waals surface area (Å²) in [6, 6.07) is 9.88. The number of aromatic nitrogens is 5. The highest BCUT2D eigenvalue weighted by atomic mass is 19.1. The molecule has 6 rings (SSSR count). The first-order chi connectivity index (χ1) is 19.6.